The summed E-state index contributed by atoms with van der Waals surface area (Å²) in [5.74, 6) is 0.632. The van der Waals surface area contributed by atoms with E-state index >= 15 is 0 Å². The van der Waals surface area contributed by atoms with Gasteiger partial charge in [0.25, 0.3) is 5.56 Å². The molecule has 0 unspecified atom stereocenters. The van der Waals surface area contributed by atoms with Crippen LogP contribution >= 0.6 is 38.5 Å². The number of nitrogens with zero attached hydrogens (tertiary/aromatic N) is 1. The quantitative estimate of drug-likeness (QED) is 0.756. The molecule has 0 aliphatic heterocycles. The maximum Gasteiger partial charge on any atom is 0.264 e. The Hall–Kier alpha value is -0.690. The number of halogens is 2. The fourth-order valence-corrected chi connectivity index (χ4v) is 2.55. The van der Waals surface area contributed by atoms with Gasteiger partial charge in [-0.3, -0.25) is 4.79 Å². The van der Waals surface area contributed by atoms with Crippen molar-refractivity contribution in [2.45, 2.75) is 20.3 Å². The largest absolute Gasteiger partial charge is 0.306 e. The molecule has 0 saturated carbocycles. The van der Waals surface area contributed by atoms with Gasteiger partial charge in [-0.15, -0.1) is 0 Å². The minimum Gasteiger partial charge on any atom is -0.306 e. The van der Waals surface area contributed by atoms with E-state index in [9.17, 15) is 4.79 Å². The molecule has 1 aromatic carbocycles. The molecule has 0 aliphatic carbocycles. The van der Waals surface area contributed by atoms with Crippen LogP contribution in [0, 0.1) is 10.5 Å². The molecule has 18 heavy (non-hydrogen) atoms. The summed E-state index contributed by atoms with van der Waals surface area (Å²) in [6.07, 6.45) is 0.755. The first-order chi connectivity index (χ1) is 8.52. The van der Waals surface area contributed by atoms with Crippen LogP contribution < -0.4 is 5.56 Å². The van der Waals surface area contributed by atoms with Gasteiger partial charge in [0.15, 0.2) is 0 Å². The molecule has 0 fully saturated rings. The van der Waals surface area contributed by atoms with E-state index in [4.69, 9.17) is 0 Å². The van der Waals surface area contributed by atoms with E-state index in [1.54, 1.807) is 0 Å². The Morgan fingerprint density at radius 1 is 1.44 bits per heavy atom. The van der Waals surface area contributed by atoms with Gasteiger partial charge in [-0.1, -0.05) is 28.9 Å². The van der Waals surface area contributed by atoms with Gasteiger partial charge in [-0.05, 0) is 53.6 Å². The predicted octanol–water partition coefficient (Wildman–Crippen LogP) is 3.67. The average molecular weight is 419 g/mol. The standard InChI is InChI=1S/C13H12BrIN2O/c1-3-10-11(15)13(18)17-12(16-10)8-4-5-9(14)7(2)6-8/h4-6H,3H2,1-2H3,(H,16,17,18). The minimum atomic E-state index is -0.0713. The SMILES string of the molecule is CCc1nc(-c2ccc(Br)c(C)c2)[nH]c(=O)c1I. The van der Waals surface area contributed by atoms with Crippen LogP contribution in [0.4, 0.5) is 0 Å². The average Bonchev–Trinajstić information content (AvgIpc) is 2.36. The van der Waals surface area contributed by atoms with Crippen molar-refractivity contribution in [1.82, 2.24) is 9.97 Å². The van der Waals surface area contributed by atoms with Gasteiger partial charge in [-0.25, -0.2) is 4.98 Å². The summed E-state index contributed by atoms with van der Waals surface area (Å²) in [5, 5.41) is 0. The molecule has 3 nitrogen and oxygen atoms in total. The van der Waals surface area contributed by atoms with Gasteiger partial charge < -0.3 is 4.98 Å². The number of hydrogen-bond acceptors (Lipinski definition) is 2. The lowest BCUT2D eigenvalue weighted by molar-refractivity contribution is 0.968. The van der Waals surface area contributed by atoms with E-state index in [-0.39, 0.29) is 5.56 Å². The first-order valence-corrected chi connectivity index (χ1v) is 7.45. The number of rotatable bonds is 2. The minimum absolute atomic E-state index is 0.0713. The van der Waals surface area contributed by atoms with E-state index in [1.165, 1.54) is 0 Å². The number of benzene rings is 1. The van der Waals surface area contributed by atoms with Crippen LogP contribution in [0.3, 0.4) is 0 Å². The molecule has 0 amide bonds. The van der Waals surface area contributed by atoms with E-state index in [2.05, 4.69) is 25.9 Å². The Morgan fingerprint density at radius 2 is 2.17 bits per heavy atom. The maximum atomic E-state index is 11.8. The number of aryl methyl sites for hydroxylation is 2. The second-order valence-electron chi connectivity index (χ2n) is 3.99. The van der Waals surface area contributed by atoms with Gasteiger partial charge in [-0.2, -0.15) is 0 Å². The summed E-state index contributed by atoms with van der Waals surface area (Å²) >= 11 is 5.50. The Labute approximate surface area is 127 Å². The molecule has 1 heterocycles. The van der Waals surface area contributed by atoms with Crippen LogP contribution in [0.2, 0.25) is 0 Å². The van der Waals surface area contributed by atoms with Crippen molar-refractivity contribution in [3.8, 4) is 11.4 Å². The molecular formula is C13H12BrIN2O. The number of nitrogens with one attached hydrogen (secondary N) is 1. The summed E-state index contributed by atoms with van der Waals surface area (Å²) in [6, 6.07) is 5.92. The summed E-state index contributed by atoms with van der Waals surface area (Å²) in [6.45, 7) is 4.01. The number of H-pyrrole nitrogens is 1. The van der Waals surface area contributed by atoms with Crippen molar-refractivity contribution in [3.63, 3.8) is 0 Å². The fourth-order valence-electron chi connectivity index (χ4n) is 1.67. The first kappa shape index (κ1) is 13.7. The number of hydrogen-bond donors (Lipinski definition) is 1. The summed E-state index contributed by atoms with van der Waals surface area (Å²) in [5.41, 5.74) is 2.82. The van der Waals surface area contributed by atoms with Crippen LogP contribution in [0.1, 0.15) is 18.2 Å². The molecule has 0 bridgehead atoms. The normalized spacial score (nSPS) is 10.7. The van der Waals surface area contributed by atoms with Crippen molar-refractivity contribution in [2.24, 2.45) is 0 Å². The van der Waals surface area contributed by atoms with Crippen LogP contribution in [0.15, 0.2) is 27.5 Å². The van der Waals surface area contributed by atoms with Gasteiger partial charge >= 0.3 is 0 Å². The van der Waals surface area contributed by atoms with Crippen LogP contribution in [-0.4, -0.2) is 9.97 Å². The van der Waals surface area contributed by atoms with Crippen molar-refractivity contribution in [1.29, 1.82) is 0 Å². The van der Waals surface area contributed by atoms with E-state index < -0.39 is 0 Å². The highest BCUT2D eigenvalue weighted by atomic mass is 127. The molecule has 2 aromatic rings. The van der Waals surface area contributed by atoms with Crippen LogP contribution in [0.5, 0.6) is 0 Å². The fraction of sp³-hybridized carbons (Fsp3) is 0.231. The van der Waals surface area contributed by atoms with E-state index in [0.29, 0.717) is 9.39 Å². The number of aromatic amines is 1. The molecule has 0 atom stereocenters. The van der Waals surface area contributed by atoms with Gasteiger partial charge in [0, 0.05) is 10.0 Å². The third kappa shape index (κ3) is 2.66. The lowest BCUT2D eigenvalue weighted by atomic mass is 10.1. The second-order valence-corrected chi connectivity index (χ2v) is 5.93. The molecule has 2 rings (SSSR count). The monoisotopic (exact) mass is 418 g/mol. The predicted molar refractivity (Wildman–Crippen MR) is 84.8 cm³/mol. The summed E-state index contributed by atoms with van der Waals surface area (Å²) in [7, 11) is 0. The van der Waals surface area contributed by atoms with Crippen molar-refractivity contribution < 1.29 is 0 Å². The molecule has 0 spiro atoms. The summed E-state index contributed by atoms with van der Waals surface area (Å²) in [4.78, 5) is 19.2. The van der Waals surface area contributed by atoms with Gasteiger partial charge in [0.1, 0.15) is 5.82 Å². The molecule has 0 saturated heterocycles. The molecular weight excluding hydrogens is 407 g/mol. The Bertz CT molecular complexity index is 652. The van der Waals surface area contributed by atoms with Crippen LogP contribution in [0.25, 0.3) is 11.4 Å². The maximum absolute atomic E-state index is 11.8. The third-order valence-electron chi connectivity index (χ3n) is 2.70. The van der Waals surface area contributed by atoms with Gasteiger partial charge in [0.2, 0.25) is 0 Å². The highest BCUT2D eigenvalue weighted by Gasteiger charge is 2.09. The van der Waals surface area contributed by atoms with Crippen LogP contribution in [-0.2, 0) is 6.42 Å². The van der Waals surface area contributed by atoms with E-state index in [1.807, 2.05) is 54.6 Å². The summed E-state index contributed by atoms with van der Waals surface area (Å²) < 4.78 is 1.72. The zero-order valence-corrected chi connectivity index (χ0v) is 13.8. The molecule has 0 aliphatic rings. The Balaban J connectivity index is 2.60. The smallest absolute Gasteiger partial charge is 0.264 e. The highest BCUT2D eigenvalue weighted by Crippen LogP contribution is 2.22. The molecule has 94 valence electrons. The molecule has 5 heteroatoms. The lowest BCUT2D eigenvalue weighted by Gasteiger charge is -2.06. The van der Waals surface area contributed by atoms with Gasteiger partial charge in [0.05, 0.1) is 9.26 Å². The topological polar surface area (TPSA) is 45.8 Å². The lowest BCUT2D eigenvalue weighted by Crippen LogP contribution is -2.16. The third-order valence-corrected chi connectivity index (χ3v) is 4.70. The molecule has 0 radical (unpaired) electrons. The molecule has 1 aromatic heterocycles. The van der Waals surface area contributed by atoms with Crippen molar-refractivity contribution in [3.05, 3.63) is 47.9 Å². The second kappa shape index (κ2) is 5.52. The van der Waals surface area contributed by atoms with Crippen molar-refractivity contribution in [2.75, 3.05) is 0 Å². The number of aromatic nitrogens is 2. The zero-order valence-electron chi connectivity index (χ0n) is 10.1. The van der Waals surface area contributed by atoms with Crippen molar-refractivity contribution >= 4 is 38.5 Å². The Kier molecular flexibility index (Phi) is 4.21. The van der Waals surface area contributed by atoms with E-state index in [0.717, 1.165) is 27.7 Å². The first-order valence-electron chi connectivity index (χ1n) is 5.58. The highest BCUT2D eigenvalue weighted by molar-refractivity contribution is 14.1. The molecule has 1 N–H and O–H groups in total. The zero-order chi connectivity index (χ0) is 13.3. The Morgan fingerprint density at radius 3 is 2.78 bits per heavy atom.